The van der Waals surface area contributed by atoms with Crippen molar-refractivity contribution in [1.82, 2.24) is 5.32 Å². The number of nitrogens with zero attached hydrogens (tertiary/aromatic N) is 1. The molecule has 1 spiro atoms. The molecular weight excluding hydrogens is 252 g/mol. The van der Waals surface area contributed by atoms with Crippen molar-refractivity contribution >= 4 is 17.7 Å². The van der Waals surface area contributed by atoms with Gasteiger partial charge in [-0.2, -0.15) is 0 Å². The van der Waals surface area contributed by atoms with Crippen LogP contribution in [0.3, 0.4) is 0 Å². The number of benzene rings is 1. The van der Waals surface area contributed by atoms with E-state index in [0.717, 1.165) is 25.2 Å². The first-order chi connectivity index (χ1) is 9.75. The van der Waals surface area contributed by atoms with Crippen LogP contribution in [0.4, 0.5) is 5.69 Å². The fourth-order valence-corrected chi connectivity index (χ4v) is 3.20. The summed E-state index contributed by atoms with van der Waals surface area (Å²) in [5.74, 6) is -0.318. The molecule has 2 saturated heterocycles. The van der Waals surface area contributed by atoms with E-state index in [-0.39, 0.29) is 11.5 Å². The minimum atomic E-state index is -0.318. The lowest BCUT2D eigenvalue weighted by atomic mass is 9.88. The average molecular weight is 272 g/mol. The van der Waals surface area contributed by atoms with E-state index in [0.29, 0.717) is 0 Å². The maximum Gasteiger partial charge on any atom is 0.330 e. The SMILES string of the molecule is COC(=O)/C=C/c1ccccc1N1CCCC12CNC2. The quantitative estimate of drug-likeness (QED) is 0.673. The Labute approximate surface area is 119 Å². The van der Waals surface area contributed by atoms with Crippen molar-refractivity contribution in [3.8, 4) is 0 Å². The first-order valence-corrected chi connectivity index (χ1v) is 7.09. The molecule has 0 saturated carbocycles. The summed E-state index contributed by atoms with van der Waals surface area (Å²) in [6.07, 6.45) is 5.81. The number of methoxy groups -OCH3 is 1. The van der Waals surface area contributed by atoms with E-state index in [4.69, 9.17) is 0 Å². The summed E-state index contributed by atoms with van der Waals surface area (Å²) in [5.41, 5.74) is 2.58. The minimum absolute atomic E-state index is 0.287. The molecule has 0 aliphatic carbocycles. The van der Waals surface area contributed by atoms with E-state index < -0.39 is 0 Å². The van der Waals surface area contributed by atoms with Gasteiger partial charge < -0.3 is 15.0 Å². The number of hydrogen-bond donors (Lipinski definition) is 1. The zero-order chi connectivity index (χ0) is 14.0. The second kappa shape index (κ2) is 5.29. The molecule has 0 aromatic heterocycles. The van der Waals surface area contributed by atoms with E-state index in [2.05, 4.69) is 27.1 Å². The average Bonchev–Trinajstić information content (AvgIpc) is 2.89. The molecule has 0 bridgehead atoms. The lowest BCUT2D eigenvalue weighted by molar-refractivity contribution is -0.134. The third kappa shape index (κ3) is 2.20. The molecular formula is C16H20N2O2. The van der Waals surface area contributed by atoms with Gasteiger partial charge in [0.1, 0.15) is 0 Å². The topological polar surface area (TPSA) is 41.6 Å². The van der Waals surface area contributed by atoms with Gasteiger partial charge in [0, 0.05) is 31.4 Å². The van der Waals surface area contributed by atoms with Crippen molar-refractivity contribution in [1.29, 1.82) is 0 Å². The van der Waals surface area contributed by atoms with E-state index in [1.54, 1.807) is 0 Å². The fourth-order valence-electron chi connectivity index (χ4n) is 3.20. The minimum Gasteiger partial charge on any atom is -0.466 e. The highest BCUT2D eigenvalue weighted by molar-refractivity contribution is 5.88. The van der Waals surface area contributed by atoms with Crippen LogP contribution in [0, 0.1) is 0 Å². The van der Waals surface area contributed by atoms with Gasteiger partial charge in [-0.15, -0.1) is 0 Å². The monoisotopic (exact) mass is 272 g/mol. The van der Waals surface area contributed by atoms with Crippen LogP contribution in [0.5, 0.6) is 0 Å². The molecule has 2 fully saturated rings. The molecule has 0 unspecified atom stereocenters. The first kappa shape index (κ1) is 13.2. The third-order valence-corrected chi connectivity index (χ3v) is 4.33. The predicted molar refractivity (Wildman–Crippen MR) is 79.7 cm³/mol. The molecule has 2 heterocycles. The smallest absolute Gasteiger partial charge is 0.330 e. The summed E-state index contributed by atoms with van der Waals surface area (Å²) in [6.45, 7) is 3.20. The van der Waals surface area contributed by atoms with Gasteiger partial charge in [0.05, 0.1) is 12.6 Å². The van der Waals surface area contributed by atoms with Crippen molar-refractivity contribution in [3.63, 3.8) is 0 Å². The Hall–Kier alpha value is -1.81. The molecule has 0 atom stereocenters. The number of carbonyl (C=O) groups excluding carboxylic acids is 1. The van der Waals surface area contributed by atoms with Crippen molar-refractivity contribution in [2.24, 2.45) is 0 Å². The number of rotatable bonds is 3. The second-order valence-corrected chi connectivity index (χ2v) is 5.50. The summed E-state index contributed by atoms with van der Waals surface area (Å²) >= 11 is 0. The van der Waals surface area contributed by atoms with Gasteiger partial charge in [-0.3, -0.25) is 0 Å². The molecule has 3 rings (SSSR count). The standard InChI is InChI=1S/C16H20N2O2/c1-20-15(19)8-7-13-5-2-3-6-14(13)18-10-4-9-16(18)11-17-12-16/h2-3,5-8,17H,4,9-12H2,1H3/b8-7+. The lowest BCUT2D eigenvalue weighted by Gasteiger charge is -2.48. The molecule has 4 heteroatoms. The van der Waals surface area contributed by atoms with E-state index in [1.165, 1.54) is 31.7 Å². The summed E-state index contributed by atoms with van der Waals surface area (Å²) in [6, 6.07) is 8.25. The van der Waals surface area contributed by atoms with Crippen molar-refractivity contribution in [2.75, 3.05) is 31.6 Å². The van der Waals surface area contributed by atoms with Crippen LogP contribution in [-0.2, 0) is 9.53 Å². The van der Waals surface area contributed by atoms with E-state index in [9.17, 15) is 4.79 Å². The molecule has 1 aromatic carbocycles. The van der Waals surface area contributed by atoms with Gasteiger partial charge >= 0.3 is 5.97 Å². The summed E-state index contributed by atoms with van der Waals surface area (Å²) in [5, 5.41) is 3.39. The number of nitrogens with one attached hydrogen (secondary N) is 1. The predicted octanol–water partition coefficient (Wildman–Crippen LogP) is 1.81. The van der Waals surface area contributed by atoms with Gasteiger partial charge in [-0.25, -0.2) is 4.79 Å². The van der Waals surface area contributed by atoms with Crippen LogP contribution in [0.2, 0.25) is 0 Å². The van der Waals surface area contributed by atoms with Gasteiger partial charge in [-0.05, 0) is 30.5 Å². The maximum absolute atomic E-state index is 11.3. The number of esters is 1. The largest absolute Gasteiger partial charge is 0.466 e. The molecule has 1 N–H and O–H groups in total. The van der Waals surface area contributed by atoms with Crippen LogP contribution in [0.25, 0.3) is 6.08 Å². The van der Waals surface area contributed by atoms with Crippen molar-refractivity contribution in [3.05, 3.63) is 35.9 Å². The van der Waals surface area contributed by atoms with Crippen LogP contribution in [0.15, 0.2) is 30.3 Å². The Morgan fingerprint density at radius 3 is 2.90 bits per heavy atom. The highest BCUT2D eigenvalue weighted by Crippen LogP contribution is 2.38. The zero-order valence-corrected chi connectivity index (χ0v) is 11.8. The van der Waals surface area contributed by atoms with Gasteiger partial charge in [-0.1, -0.05) is 18.2 Å². The first-order valence-electron chi connectivity index (χ1n) is 7.09. The highest BCUT2D eigenvalue weighted by atomic mass is 16.5. The Morgan fingerprint density at radius 2 is 2.20 bits per heavy atom. The Morgan fingerprint density at radius 1 is 1.40 bits per heavy atom. The molecule has 20 heavy (non-hydrogen) atoms. The van der Waals surface area contributed by atoms with Gasteiger partial charge in [0.15, 0.2) is 0 Å². The molecule has 0 amide bonds. The normalized spacial score (nSPS) is 20.4. The molecule has 0 radical (unpaired) electrons. The Kier molecular flexibility index (Phi) is 3.49. The lowest BCUT2D eigenvalue weighted by Crippen LogP contribution is -2.66. The van der Waals surface area contributed by atoms with Crippen LogP contribution < -0.4 is 10.2 Å². The Balaban J connectivity index is 1.90. The number of ether oxygens (including phenoxy) is 1. The van der Waals surface area contributed by atoms with Crippen LogP contribution >= 0.6 is 0 Å². The van der Waals surface area contributed by atoms with Gasteiger partial charge in [0.25, 0.3) is 0 Å². The second-order valence-electron chi connectivity index (χ2n) is 5.50. The number of carbonyl (C=O) groups is 1. The Bertz CT molecular complexity index is 535. The van der Waals surface area contributed by atoms with Crippen molar-refractivity contribution in [2.45, 2.75) is 18.4 Å². The summed E-state index contributed by atoms with van der Waals surface area (Å²) in [7, 11) is 1.40. The molecule has 106 valence electrons. The molecule has 2 aliphatic rings. The highest BCUT2D eigenvalue weighted by Gasteiger charge is 2.46. The fraction of sp³-hybridized carbons (Fsp3) is 0.438. The number of hydrogen-bond acceptors (Lipinski definition) is 4. The van der Waals surface area contributed by atoms with Crippen LogP contribution in [-0.4, -0.2) is 38.3 Å². The van der Waals surface area contributed by atoms with Crippen LogP contribution in [0.1, 0.15) is 18.4 Å². The van der Waals surface area contributed by atoms with E-state index in [1.807, 2.05) is 18.2 Å². The molecule has 2 aliphatic heterocycles. The maximum atomic E-state index is 11.3. The number of anilines is 1. The summed E-state index contributed by atoms with van der Waals surface area (Å²) < 4.78 is 4.66. The zero-order valence-electron chi connectivity index (χ0n) is 11.8. The van der Waals surface area contributed by atoms with Crippen molar-refractivity contribution < 1.29 is 9.53 Å². The van der Waals surface area contributed by atoms with Gasteiger partial charge in [0.2, 0.25) is 0 Å². The molecule has 1 aromatic rings. The third-order valence-electron chi connectivity index (χ3n) is 4.33. The van der Waals surface area contributed by atoms with E-state index >= 15 is 0 Å². The molecule has 4 nitrogen and oxygen atoms in total. The summed E-state index contributed by atoms with van der Waals surface area (Å²) in [4.78, 5) is 13.8. The number of para-hydroxylation sites is 1.